The van der Waals surface area contributed by atoms with Gasteiger partial charge in [-0.25, -0.2) is 0 Å². The molecule has 0 radical (unpaired) electrons. The van der Waals surface area contributed by atoms with E-state index in [9.17, 15) is 14.7 Å². The van der Waals surface area contributed by atoms with Gasteiger partial charge in [-0.2, -0.15) is 0 Å². The second-order valence-electron chi connectivity index (χ2n) is 4.97. The van der Waals surface area contributed by atoms with Crippen LogP contribution in [0, 0.1) is 6.92 Å². The molecule has 0 unspecified atom stereocenters. The number of hydrogen-bond acceptors (Lipinski definition) is 4. The van der Waals surface area contributed by atoms with Gasteiger partial charge in [0.2, 0.25) is 5.91 Å². The van der Waals surface area contributed by atoms with E-state index in [4.69, 9.17) is 4.42 Å². The fourth-order valence-corrected chi connectivity index (χ4v) is 2.00. The van der Waals surface area contributed by atoms with Gasteiger partial charge in [-0.1, -0.05) is 12.1 Å². The third-order valence-corrected chi connectivity index (χ3v) is 3.09. The minimum atomic E-state index is -1.08. The zero-order valence-corrected chi connectivity index (χ0v) is 12.2. The van der Waals surface area contributed by atoms with Gasteiger partial charge in [-0.3, -0.25) is 14.9 Å². The summed E-state index contributed by atoms with van der Waals surface area (Å²) in [5, 5.41) is 14.7. The van der Waals surface area contributed by atoms with Gasteiger partial charge in [0.15, 0.2) is 0 Å². The van der Waals surface area contributed by atoms with Crippen LogP contribution in [0.1, 0.15) is 17.7 Å². The normalized spacial score (nSPS) is 11.9. The predicted molar refractivity (Wildman–Crippen MR) is 81.4 cm³/mol. The van der Waals surface area contributed by atoms with Crippen LogP contribution < -0.4 is 10.6 Å². The van der Waals surface area contributed by atoms with E-state index in [0.717, 1.165) is 5.56 Å². The van der Waals surface area contributed by atoms with Crippen molar-refractivity contribution in [3.63, 3.8) is 0 Å². The number of rotatable bonds is 7. The molecule has 2 rings (SSSR count). The standard InChI is InChI=1S/C16H18N2O4/c1-11-4-2-5-12(8-11)18-15(19)9-14(16(20)21)17-10-13-6-3-7-22-13/h2-8,14,17H,9-10H2,1H3,(H,18,19)(H,20,21)/t14-/m0/s1. The molecule has 0 aliphatic carbocycles. The summed E-state index contributed by atoms with van der Waals surface area (Å²) in [4.78, 5) is 23.2. The topological polar surface area (TPSA) is 91.6 Å². The lowest BCUT2D eigenvalue weighted by Crippen LogP contribution is -2.39. The summed E-state index contributed by atoms with van der Waals surface area (Å²) in [6, 6.07) is 9.81. The molecule has 0 aliphatic rings. The molecule has 1 atom stereocenters. The minimum absolute atomic E-state index is 0.163. The number of carboxylic acid groups (broad SMARTS) is 1. The number of hydrogen-bond donors (Lipinski definition) is 3. The highest BCUT2D eigenvalue weighted by Gasteiger charge is 2.21. The highest BCUT2D eigenvalue weighted by molar-refractivity contribution is 5.94. The number of furan rings is 1. The first-order chi connectivity index (χ1) is 10.5. The Balaban J connectivity index is 1.89. The van der Waals surface area contributed by atoms with Crippen molar-refractivity contribution in [2.75, 3.05) is 5.32 Å². The van der Waals surface area contributed by atoms with E-state index in [2.05, 4.69) is 10.6 Å². The molecule has 1 aromatic carbocycles. The largest absolute Gasteiger partial charge is 0.480 e. The maximum absolute atomic E-state index is 12.0. The first-order valence-corrected chi connectivity index (χ1v) is 6.89. The van der Waals surface area contributed by atoms with Crippen LogP contribution in [0.5, 0.6) is 0 Å². The van der Waals surface area contributed by atoms with Gasteiger partial charge in [0, 0.05) is 5.69 Å². The number of aliphatic carboxylic acids is 1. The molecule has 1 heterocycles. The Labute approximate surface area is 128 Å². The zero-order chi connectivity index (χ0) is 15.9. The lowest BCUT2D eigenvalue weighted by Gasteiger charge is -2.13. The van der Waals surface area contributed by atoms with Crippen molar-refractivity contribution in [3.05, 3.63) is 54.0 Å². The molecule has 3 N–H and O–H groups in total. The number of benzene rings is 1. The average Bonchev–Trinajstić information content (AvgIpc) is 2.96. The monoisotopic (exact) mass is 302 g/mol. The molecule has 6 nitrogen and oxygen atoms in total. The summed E-state index contributed by atoms with van der Waals surface area (Å²) < 4.78 is 5.12. The van der Waals surface area contributed by atoms with Crippen LogP contribution in [0.4, 0.5) is 5.69 Å². The Morgan fingerprint density at radius 1 is 1.27 bits per heavy atom. The van der Waals surface area contributed by atoms with Crippen molar-refractivity contribution in [1.29, 1.82) is 0 Å². The average molecular weight is 302 g/mol. The Hall–Kier alpha value is -2.60. The van der Waals surface area contributed by atoms with Crippen molar-refractivity contribution >= 4 is 17.6 Å². The van der Waals surface area contributed by atoms with E-state index in [-0.39, 0.29) is 18.9 Å². The smallest absolute Gasteiger partial charge is 0.321 e. The van der Waals surface area contributed by atoms with E-state index >= 15 is 0 Å². The van der Waals surface area contributed by atoms with E-state index in [0.29, 0.717) is 11.4 Å². The van der Waals surface area contributed by atoms with Gasteiger partial charge in [-0.15, -0.1) is 0 Å². The summed E-state index contributed by atoms with van der Waals surface area (Å²) in [5.41, 5.74) is 1.67. The first-order valence-electron chi connectivity index (χ1n) is 6.89. The Kier molecular flexibility index (Phi) is 5.32. The molecule has 116 valence electrons. The molecule has 22 heavy (non-hydrogen) atoms. The molecule has 2 aromatic rings. The van der Waals surface area contributed by atoms with Crippen LogP contribution in [-0.2, 0) is 16.1 Å². The lowest BCUT2D eigenvalue weighted by atomic mass is 10.1. The minimum Gasteiger partial charge on any atom is -0.480 e. The second kappa shape index (κ2) is 7.42. The molecule has 0 aliphatic heterocycles. The van der Waals surface area contributed by atoms with Crippen molar-refractivity contribution in [3.8, 4) is 0 Å². The third-order valence-electron chi connectivity index (χ3n) is 3.09. The Morgan fingerprint density at radius 2 is 2.09 bits per heavy atom. The predicted octanol–water partition coefficient (Wildman–Crippen LogP) is 2.16. The SMILES string of the molecule is Cc1cccc(NC(=O)C[C@H](NCc2ccco2)C(=O)O)c1. The molecule has 0 fully saturated rings. The van der Waals surface area contributed by atoms with Crippen molar-refractivity contribution < 1.29 is 19.1 Å². The van der Waals surface area contributed by atoms with Crippen LogP contribution in [0.2, 0.25) is 0 Å². The van der Waals surface area contributed by atoms with Crippen molar-refractivity contribution in [1.82, 2.24) is 5.32 Å². The number of carboxylic acids is 1. The van der Waals surface area contributed by atoms with E-state index < -0.39 is 12.0 Å². The van der Waals surface area contributed by atoms with Gasteiger partial charge in [0.1, 0.15) is 11.8 Å². The molecule has 0 spiro atoms. The molecule has 0 saturated carbocycles. The van der Waals surface area contributed by atoms with Crippen LogP contribution in [-0.4, -0.2) is 23.0 Å². The number of nitrogens with one attached hydrogen (secondary N) is 2. The quantitative estimate of drug-likeness (QED) is 0.729. The van der Waals surface area contributed by atoms with E-state index in [1.165, 1.54) is 6.26 Å². The number of carbonyl (C=O) groups excluding carboxylic acids is 1. The van der Waals surface area contributed by atoms with Crippen molar-refractivity contribution in [2.45, 2.75) is 25.9 Å². The number of carbonyl (C=O) groups is 2. The molecular weight excluding hydrogens is 284 g/mol. The van der Waals surface area contributed by atoms with Crippen molar-refractivity contribution in [2.24, 2.45) is 0 Å². The molecule has 0 bridgehead atoms. The fourth-order valence-electron chi connectivity index (χ4n) is 2.00. The zero-order valence-electron chi connectivity index (χ0n) is 12.2. The molecule has 1 amide bonds. The third kappa shape index (κ3) is 4.75. The highest BCUT2D eigenvalue weighted by Crippen LogP contribution is 2.10. The van der Waals surface area contributed by atoms with Crippen LogP contribution >= 0.6 is 0 Å². The van der Waals surface area contributed by atoms with Crippen LogP contribution in [0.3, 0.4) is 0 Å². The van der Waals surface area contributed by atoms with E-state index in [1.54, 1.807) is 18.2 Å². The molecular formula is C16H18N2O4. The lowest BCUT2D eigenvalue weighted by molar-refractivity contribution is -0.141. The summed E-state index contributed by atoms with van der Waals surface area (Å²) in [5.74, 6) is -0.818. The van der Waals surface area contributed by atoms with Gasteiger partial charge in [0.25, 0.3) is 0 Å². The van der Waals surface area contributed by atoms with Gasteiger partial charge < -0.3 is 14.8 Å². The van der Waals surface area contributed by atoms with E-state index in [1.807, 2.05) is 25.1 Å². The fraction of sp³-hybridized carbons (Fsp3) is 0.250. The Morgan fingerprint density at radius 3 is 2.73 bits per heavy atom. The number of amides is 1. The number of anilines is 1. The number of aryl methyl sites for hydroxylation is 1. The van der Waals surface area contributed by atoms with Gasteiger partial charge >= 0.3 is 5.97 Å². The Bertz CT molecular complexity index is 637. The highest BCUT2D eigenvalue weighted by atomic mass is 16.4. The second-order valence-corrected chi connectivity index (χ2v) is 4.97. The first kappa shape index (κ1) is 15.8. The van der Waals surface area contributed by atoms with Gasteiger partial charge in [-0.05, 0) is 36.8 Å². The maximum atomic E-state index is 12.0. The maximum Gasteiger partial charge on any atom is 0.321 e. The molecule has 6 heteroatoms. The molecule has 1 aromatic heterocycles. The summed E-state index contributed by atoms with van der Waals surface area (Å²) in [6.45, 7) is 2.17. The van der Waals surface area contributed by atoms with Gasteiger partial charge in [0.05, 0.1) is 19.2 Å². The summed E-state index contributed by atoms with van der Waals surface area (Å²) in [6.07, 6.45) is 1.35. The van der Waals surface area contributed by atoms with Crippen LogP contribution in [0.15, 0.2) is 47.1 Å². The van der Waals surface area contributed by atoms with Crippen LogP contribution in [0.25, 0.3) is 0 Å². The summed E-state index contributed by atoms with van der Waals surface area (Å²) >= 11 is 0. The summed E-state index contributed by atoms with van der Waals surface area (Å²) in [7, 11) is 0. The molecule has 0 saturated heterocycles.